The van der Waals surface area contributed by atoms with Crippen LogP contribution in [0, 0.1) is 0 Å². The highest BCUT2D eigenvalue weighted by Crippen LogP contribution is 2.26. The Morgan fingerprint density at radius 1 is 1.60 bits per heavy atom. The highest BCUT2D eigenvalue weighted by Gasteiger charge is 2.19. The highest BCUT2D eigenvalue weighted by molar-refractivity contribution is 9.10. The number of nitrogens with one attached hydrogen (secondary N) is 1. The summed E-state index contributed by atoms with van der Waals surface area (Å²) in [7, 11) is 0. The lowest BCUT2D eigenvalue weighted by atomic mass is 10.3. The number of rotatable bonds is 1. The van der Waals surface area contributed by atoms with Gasteiger partial charge in [0.15, 0.2) is 0 Å². The van der Waals surface area contributed by atoms with Gasteiger partial charge in [0.1, 0.15) is 5.82 Å². The summed E-state index contributed by atoms with van der Waals surface area (Å²) >= 11 is 9.33. The Bertz CT molecular complexity index is 399. The first-order valence-electron chi connectivity index (χ1n) is 4.49. The molecule has 1 N–H and O–H groups in total. The van der Waals surface area contributed by atoms with Gasteiger partial charge in [-0.15, -0.1) is 0 Å². The summed E-state index contributed by atoms with van der Waals surface area (Å²) in [6, 6.07) is 1.77. The molecule has 0 bridgehead atoms. The van der Waals surface area contributed by atoms with Gasteiger partial charge in [-0.25, -0.2) is 4.98 Å². The molecule has 0 atom stereocenters. The van der Waals surface area contributed by atoms with Gasteiger partial charge >= 0.3 is 0 Å². The number of halogens is 2. The molecule has 1 aliphatic rings. The number of nitrogens with zero attached hydrogens (tertiary/aromatic N) is 2. The third-order valence-corrected chi connectivity index (χ3v) is 2.84. The standard InChI is InChI=1S/C9H9BrClN3O/c10-6-3-7(11)9(13-4-6)14-2-1-12-8(15)5-14/h3-4H,1-2,5H2,(H,12,15). The van der Waals surface area contributed by atoms with Gasteiger partial charge in [0.25, 0.3) is 0 Å². The number of amides is 1. The summed E-state index contributed by atoms with van der Waals surface area (Å²) in [4.78, 5) is 17.3. The van der Waals surface area contributed by atoms with Crippen molar-refractivity contribution in [2.24, 2.45) is 0 Å². The number of aromatic nitrogens is 1. The van der Waals surface area contributed by atoms with Crippen molar-refractivity contribution in [1.29, 1.82) is 0 Å². The van der Waals surface area contributed by atoms with Gasteiger partial charge in [0, 0.05) is 23.8 Å². The smallest absolute Gasteiger partial charge is 0.239 e. The second kappa shape index (κ2) is 4.37. The zero-order valence-corrected chi connectivity index (χ0v) is 10.2. The molecule has 0 unspecified atom stereocenters. The fourth-order valence-electron chi connectivity index (χ4n) is 1.46. The highest BCUT2D eigenvalue weighted by atomic mass is 79.9. The number of hydrogen-bond acceptors (Lipinski definition) is 3. The molecule has 1 aliphatic heterocycles. The van der Waals surface area contributed by atoms with E-state index >= 15 is 0 Å². The fourth-order valence-corrected chi connectivity index (χ4v) is 2.21. The number of pyridine rings is 1. The minimum atomic E-state index is 0.00188. The molecule has 0 spiro atoms. The second-order valence-corrected chi connectivity index (χ2v) is 4.55. The Morgan fingerprint density at radius 2 is 2.40 bits per heavy atom. The van der Waals surface area contributed by atoms with Crippen molar-refractivity contribution in [1.82, 2.24) is 10.3 Å². The van der Waals surface area contributed by atoms with Gasteiger partial charge in [0.05, 0.1) is 11.6 Å². The maximum Gasteiger partial charge on any atom is 0.239 e. The van der Waals surface area contributed by atoms with E-state index in [1.807, 2.05) is 4.90 Å². The van der Waals surface area contributed by atoms with E-state index in [1.165, 1.54) is 0 Å². The molecule has 80 valence electrons. The Balaban J connectivity index is 2.24. The van der Waals surface area contributed by atoms with Crippen molar-refractivity contribution in [2.75, 3.05) is 24.5 Å². The van der Waals surface area contributed by atoms with Crippen LogP contribution in [0.15, 0.2) is 16.7 Å². The molecule has 0 radical (unpaired) electrons. The van der Waals surface area contributed by atoms with Crippen molar-refractivity contribution in [3.8, 4) is 0 Å². The molecule has 1 fully saturated rings. The van der Waals surface area contributed by atoms with Crippen molar-refractivity contribution in [2.45, 2.75) is 0 Å². The lowest BCUT2D eigenvalue weighted by molar-refractivity contribution is -0.120. The lowest BCUT2D eigenvalue weighted by Gasteiger charge is -2.28. The fraction of sp³-hybridized carbons (Fsp3) is 0.333. The summed E-state index contributed by atoms with van der Waals surface area (Å²) in [5.41, 5.74) is 0. The van der Waals surface area contributed by atoms with Crippen molar-refractivity contribution in [3.05, 3.63) is 21.8 Å². The van der Waals surface area contributed by atoms with E-state index < -0.39 is 0 Å². The summed E-state index contributed by atoms with van der Waals surface area (Å²) < 4.78 is 0.831. The minimum absolute atomic E-state index is 0.00188. The van der Waals surface area contributed by atoms with Gasteiger partial charge in [-0.05, 0) is 22.0 Å². The van der Waals surface area contributed by atoms with Crippen LogP contribution >= 0.6 is 27.5 Å². The number of hydrogen-bond donors (Lipinski definition) is 1. The molecule has 6 heteroatoms. The maximum absolute atomic E-state index is 11.2. The van der Waals surface area contributed by atoms with Crippen LogP contribution in [-0.4, -0.2) is 30.5 Å². The van der Waals surface area contributed by atoms with E-state index in [0.717, 1.165) is 11.0 Å². The Kier molecular flexibility index (Phi) is 3.11. The third-order valence-electron chi connectivity index (χ3n) is 2.13. The molecule has 4 nitrogen and oxygen atoms in total. The molecule has 0 aliphatic carbocycles. The Morgan fingerprint density at radius 3 is 3.07 bits per heavy atom. The monoisotopic (exact) mass is 289 g/mol. The summed E-state index contributed by atoms with van der Waals surface area (Å²) in [5, 5.41) is 3.31. The van der Waals surface area contributed by atoms with Crippen LogP contribution in [0.5, 0.6) is 0 Å². The number of carbonyl (C=O) groups is 1. The molecular formula is C9H9BrClN3O. The Hall–Kier alpha value is -0.810. The van der Waals surface area contributed by atoms with E-state index in [2.05, 4.69) is 26.2 Å². The quantitative estimate of drug-likeness (QED) is 0.851. The topological polar surface area (TPSA) is 45.2 Å². The zero-order chi connectivity index (χ0) is 10.8. The van der Waals surface area contributed by atoms with E-state index in [-0.39, 0.29) is 5.91 Å². The minimum Gasteiger partial charge on any atom is -0.353 e. The first-order chi connectivity index (χ1) is 7.16. The normalized spacial score (nSPS) is 16.4. The summed E-state index contributed by atoms with van der Waals surface area (Å²) in [6.45, 7) is 1.68. The van der Waals surface area contributed by atoms with E-state index in [9.17, 15) is 4.79 Å². The van der Waals surface area contributed by atoms with Crippen molar-refractivity contribution < 1.29 is 4.79 Å². The molecule has 1 aromatic heterocycles. The van der Waals surface area contributed by atoms with E-state index in [1.54, 1.807) is 12.3 Å². The van der Waals surface area contributed by atoms with Crippen LogP contribution in [0.1, 0.15) is 0 Å². The predicted molar refractivity (Wildman–Crippen MR) is 62.2 cm³/mol. The first-order valence-corrected chi connectivity index (χ1v) is 5.66. The third kappa shape index (κ3) is 2.41. The van der Waals surface area contributed by atoms with Crippen LogP contribution in [0.25, 0.3) is 0 Å². The van der Waals surface area contributed by atoms with E-state index in [4.69, 9.17) is 11.6 Å². The number of anilines is 1. The first kappa shape index (κ1) is 10.7. The molecule has 1 aromatic rings. The molecule has 15 heavy (non-hydrogen) atoms. The van der Waals surface area contributed by atoms with E-state index in [0.29, 0.717) is 23.9 Å². The van der Waals surface area contributed by atoms with Gasteiger partial charge < -0.3 is 10.2 Å². The molecule has 1 saturated heterocycles. The average Bonchev–Trinajstić information content (AvgIpc) is 2.17. The van der Waals surface area contributed by atoms with Crippen LogP contribution in [0.4, 0.5) is 5.82 Å². The van der Waals surface area contributed by atoms with Gasteiger partial charge in [-0.2, -0.15) is 0 Å². The average molecular weight is 291 g/mol. The SMILES string of the molecule is O=C1CN(c2ncc(Br)cc2Cl)CCN1. The summed E-state index contributed by atoms with van der Waals surface area (Å²) in [5.74, 6) is 0.664. The Labute approximate surface area is 101 Å². The maximum atomic E-state index is 11.2. The van der Waals surface area contributed by atoms with Crippen molar-refractivity contribution >= 4 is 39.3 Å². The van der Waals surface area contributed by atoms with Crippen LogP contribution in [-0.2, 0) is 4.79 Å². The molecule has 2 rings (SSSR count). The van der Waals surface area contributed by atoms with Crippen LogP contribution < -0.4 is 10.2 Å². The second-order valence-electron chi connectivity index (χ2n) is 3.23. The molecule has 0 aromatic carbocycles. The predicted octanol–water partition coefficient (Wildman–Crippen LogP) is 1.43. The van der Waals surface area contributed by atoms with Crippen LogP contribution in [0.3, 0.4) is 0 Å². The molecule has 0 saturated carbocycles. The van der Waals surface area contributed by atoms with Crippen LogP contribution in [0.2, 0.25) is 5.02 Å². The van der Waals surface area contributed by atoms with Crippen molar-refractivity contribution in [3.63, 3.8) is 0 Å². The summed E-state index contributed by atoms with van der Waals surface area (Å²) in [6.07, 6.45) is 1.67. The van der Waals surface area contributed by atoms with Gasteiger partial charge in [-0.1, -0.05) is 11.6 Å². The number of carbonyl (C=O) groups excluding carboxylic acids is 1. The molecule has 2 heterocycles. The van der Waals surface area contributed by atoms with Gasteiger partial charge in [-0.3, -0.25) is 4.79 Å². The molecule has 1 amide bonds. The largest absolute Gasteiger partial charge is 0.353 e. The zero-order valence-electron chi connectivity index (χ0n) is 7.83. The molecular weight excluding hydrogens is 281 g/mol. The lowest BCUT2D eigenvalue weighted by Crippen LogP contribution is -2.48. The number of piperazine rings is 1. The van der Waals surface area contributed by atoms with Gasteiger partial charge in [0.2, 0.25) is 5.91 Å².